The lowest BCUT2D eigenvalue weighted by molar-refractivity contribution is 0.0679. The van der Waals surface area contributed by atoms with Gasteiger partial charge in [0.15, 0.2) is 22.4 Å². The maximum atomic E-state index is 10.8. The normalized spacial score (nSPS) is 9.41. The first-order valence-corrected chi connectivity index (χ1v) is 8.06. The van der Waals surface area contributed by atoms with Crippen molar-refractivity contribution in [1.29, 1.82) is 0 Å². The number of aromatic amines is 1. The van der Waals surface area contributed by atoms with Crippen LogP contribution in [-0.2, 0) is 0 Å². The highest BCUT2D eigenvalue weighted by molar-refractivity contribution is 6.31. The van der Waals surface area contributed by atoms with E-state index in [1.54, 1.807) is 30.9 Å². The van der Waals surface area contributed by atoms with Crippen LogP contribution in [0, 0.1) is 0 Å². The van der Waals surface area contributed by atoms with E-state index >= 15 is 0 Å². The number of aromatic carboxylic acids is 2. The van der Waals surface area contributed by atoms with Gasteiger partial charge in [-0.05, 0) is 12.1 Å². The number of halogens is 1. The van der Waals surface area contributed by atoms with Gasteiger partial charge in [0.1, 0.15) is 0 Å². The molecule has 0 spiro atoms. The zero-order chi connectivity index (χ0) is 21.1. The number of nitrogens with zero attached hydrogens (tertiary/aromatic N) is 7. The van der Waals surface area contributed by atoms with Crippen molar-refractivity contribution in [2.75, 3.05) is 0 Å². The maximum absolute atomic E-state index is 10.8. The van der Waals surface area contributed by atoms with E-state index in [1.807, 2.05) is 6.07 Å². The first kappa shape index (κ1) is 21.1. The van der Waals surface area contributed by atoms with Crippen molar-refractivity contribution in [1.82, 2.24) is 39.9 Å². The van der Waals surface area contributed by atoms with Gasteiger partial charge in [-0.15, -0.1) is 0 Å². The molecule has 0 saturated heterocycles. The average molecular weight is 417 g/mol. The van der Waals surface area contributed by atoms with E-state index in [4.69, 9.17) is 21.8 Å². The van der Waals surface area contributed by atoms with Crippen LogP contribution in [-0.4, -0.2) is 62.1 Å². The zero-order valence-corrected chi connectivity index (χ0v) is 15.2. The summed E-state index contributed by atoms with van der Waals surface area (Å²) < 4.78 is 1.36. The van der Waals surface area contributed by atoms with Gasteiger partial charge in [-0.2, -0.15) is 10.2 Å². The molecular formula is C16H13ClN8O4. The van der Waals surface area contributed by atoms with Crippen molar-refractivity contribution >= 4 is 23.5 Å². The fraction of sp³-hybridized carbons (Fsp3) is 0. The molecular weight excluding hydrogens is 404 g/mol. The Kier molecular flexibility index (Phi) is 7.89. The number of rotatable bonds is 3. The molecule has 0 atom stereocenters. The smallest absolute Gasteiger partial charge is 0.358 e. The van der Waals surface area contributed by atoms with Crippen LogP contribution < -0.4 is 0 Å². The molecule has 29 heavy (non-hydrogen) atoms. The Bertz CT molecular complexity index is 1020. The highest BCUT2D eigenvalue weighted by Crippen LogP contribution is 2.07. The minimum Gasteiger partial charge on any atom is -0.476 e. The summed E-state index contributed by atoms with van der Waals surface area (Å²) in [7, 11) is 0. The van der Waals surface area contributed by atoms with Crippen molar-refractivity contribution in [3.63, 3.8) is 0 Å². The van der Waals surface area contributed by atoms with E-state index in [0.717, 1.165) is 0 Å². The third kappa shape index (κ3) is 6.48. The largest absolute Gasteiger partial charge is 0.476 e. The van der Waals surface area contributed by atoms with Gasteiger partial charge in [0, 0.05) is 49.6 Å². The molecule has 0 fully saturated rings. The summed E-state index contributed by atoms with van der Waals surface area (Å²) in [5.74, 6) is -2.08. The van der Waals surface area contributed by atoms with Crippen LogP contribution in [0.1, 0.15) is 21.0 Å². The first-order valence-electron chi connectivity index (χ1n) is 7.68. The van der Waals surface area contributed by atoms with Gasteiger partial charge in [-0.1, -0.05) is 11.6 Å². The van der Waals surface area contributed by atoms with Gasteiger partial charge in [-0.25, -0.2) is 34.2 Å². The number of carboxylic acids is 2. The second-order valence-electron chi connectivity index (χ2n) is 4.75. The quantitative estimate of drug-likeness (QED) is 0.445. The maximum Gasteiger partial charge on any atom is 0.358 e. The molecule has 4 aromatic rings. The highest BCUT2D eigenvalue weighted by atomic mass is 35.5. The predicted octanol–water partition coefficient (Wildman–Crippen LogP) is 1.60. The lowest BCUT2D eigenvalue weighted by atomic mass is 10.4. The van der Waals surface area contributed by atoms with E-state index in [1.165, 1.54) is 29.5 Å². The molecule has 148 valence electrons. The number of hydrogen-bond acceptors (Lipinski definition) is 8. The molecule has 0 aromatic carbocycles. The monoisotopic (exact) mass is 416 g/mol. The third-order valence-electron chi connectivity index (χ3n) is 2.86. The second-order valence-corrected chi connectivity index (χ2v) is 5.11. The third-order valence-corrected chi connectivity index (χ3v) is 3.14. The summed E-state index contributed by atoms with van der Waals surface area (Å²) in [6.45, 7) is 0. The summed E-state index contributed by atoms with van der Waals surface area (Å²) >= 11 is 5.36. The zero-order valence-electron chi connectivity index (χ0n) is 14.5. The van der Waals surface area contributed by atoms with Crippen LogP contribution in [0.5, 0.6) is 0 Å². The molecule has 0 unspecified atom stereocenters. The second kappa shape index (κ2) is 10.8. The summed E-state index contributed by atoms with van der Waals surface area (Å²) in [5.41, 5.74) is -0.333. The molecule has 0 bridgehead atoms. The van der Waals surface area contributed by atoms with E-state index in [9.17, 15) is 9.59 Å². The van der Waals surface area contributed by atoms with Crippen molar-refractivity contribution < 1.29 is 19.8 Å². The van der Waals surface area contributed by atoms with Crippen LogP contribution >= 0.6 is 11.6 Å². The minimum absolute atomic E-state index is 0.0880. The minimum atomic E-state index is -1.17. The molecule has 0 aliphatic heterocycles. The SMILES string of the molecule is O=C(O)c1nccnc1-n1cccn1.O=C(O)c1nccnc1Cl.c1cn[nH]c1. The van der Waals surface area contributed by atoms with Crippen molar-refractivity contribution in [2.45, 2.75) is 0 Å². The molecule has 12 nitrogen and oxygen atoms in total. The Morgan fingerprint density at radius 3 is 1.97 bits per heavy atom. The van der Waals surface area contributed by atoms with Crippen LogP contribution in [0.2, 0.25) is 5.15 Å². The van der Waals surface area contributed by atoms with Crippen LogP contribution in [0.4, 0.5) is 0 Å². The molecule has 0 radical (unpaired) electrons. The van der Waals surface area contributed by atoms with Crippen LogP contribution in [0.25, 0.3) is 5.82 Å². The summed E-state index contributed by atoms with van der Waals surface area (Å²) in [4.78, 5) is 35.6. The molecule has 13 heteroatoms. The summed E-state index contributed by atoms with van der Waals surface area (Å²) in [5, 5.41) is 27.2. The molecule has 3 N–H and O–H groups in total. The Hall–Kier alpha value is -4.19. The molecule has 0 saturated carbocycles. The Labute approximate surface area is 167 Å². The molecule has 0 aliphatic rings. The number of carbonyl (C=O) groups is 2. The van der Waals surface area contributed by atoms with Crippen molar-refractivity contribution in [3.05, 3.63) is 78.2 Å². The molecule has 4 heterocycles. The Morgan fingerprint density at radius 2 is 1.52 bits per heavy atom. The van der Waals surface area contributed by atoms with E-state index < -0.39 is 11.9 Å². The lowest BCUT2D eigenvalue weighted by Crippen LogP contribution is -2.10. The van der Waals surface area contributed by atoms with Gasteiger partial charge in [0.05, 0.1) is 0 Å². The summed E-state index contributed by atoms with van der Waals surface area (Å²) in [6, 6.07) is 3.51. The Morgan fingerprint density at radius 1 is 0.862 bits per heavy atom. The molecule has 0 amide bonds. The van der Waals surface area contributed by atoms with Crippen LogP contribution in [0.15, 0.2) is 61.7 Å². The van der Waals surface area contributed by atoms with Crippen molar-refractivity contribution in [2.24, 2.45) is 0 Å². The lowest BCUT2D eigenvalue weighted by Gasteiger charge is -2.01. The fourth-order valence-electron chi connectivity index (χ4n) is 1.72. The first-order chi connectivity index (χ1) is 14.0. The van der Waals surface area contributed by atoms with E-state index in [2.05, 4.69) is 35.2 Å². The van der Waals surface area contributed by atoms with Crippen molar-refractivity contribution in [3.8, 4) is 5.82 Å². The number of hydrogen-bond donors (Lipinski definition) is 3. The number of aromatic nitrogens is 8. The summed E-state index contributed by atoms with van der Waals surface area (Å²) in [6.07, 6.45) is 12.0. The number of nitrogens with one attached hydrogen (secondary N) is 1. The molecule has 4 rings (SSSR count). The number of H-pyrrole nitrogens is 1. The predicted molar refractivity (Wildman–Crippen MR) is 98.7 cm³/mol. The van der Waals surface area contributed by atoms with Gasteiger partial charge >= 0.3 is 11.9 Å². The van der Waals surface area contributed by atoms with Crippen LogP contribution in [0.3, 0.4) is 0 Å². The topological polar surface area (TPSA) is 173 Å². The molecule has 4 aromatic heterocycles. The standard InChI is InChI=1S/C8H6N4O2.C5H3ClN2O2.C3H4N2/c13-8(14)6-7(10-4-3-9-6)12-5-1-2-11-12;6-4-3(5(9)10)7-1-2-8-4;1-2-4-5-3-1/h1-5H,(H,13,14);1-2H,(H,9,10);1-3H,(H,4,5). The number of carboxylic acid groups (broad SMARTS) is 2. The fourth-order valence-corrected chi connectivity index (χ4v) is 1.91. The van der Waals surface area contributed by atoms with Gasteiger partial charge in [0.25, 0.3) is 0 Å². The van der Waals surface area contributed by atoms with Gasteiger partial charge in [-0.3, -0.25) is 5.10 Å². The van der Waals surface area contributed by atoms with Gasteiger partial charge < -0.3 is 10.2 Å². The average Bonchev–Trinajstić information content (AvgIpc) is 3.45. The van der Waals surface area contributed by atoms with E-state index in [0.29, 0.717) is 0 Å². The van der Waals surface area contributed by atoms with E-state index in [-0.39, 0.29) is 22.4 Å². The molecule has 0 aliphatic carbocycles. The van der Waals surface area contributed by atoms with Gasteiger partial charge in [0.2, 0.25) is 0 Å². The Balaban J connectivity index is 0.000000173. The highest BCUT2D eigenvalue weighted by Gasteiger charge is 2.13.